The number of carbonyl (C=O) groups is 2. The van der Waals surface area contributed by atoms with Gasteiger partial charge in [-0.2, -0.15) is 5.10 Å². The van der Waals surface area contributed by atoms with Crippen LogP contribution in [-0.2, 0) is 9.59 Å². The second-order valence-corrected chi connectivity index (χ2v) is 7.79. The summed E-state index contributed by atoms with van der Waals surface area (Å²) in [7, 11) is 0. The zero-order valence-corrected chi connectivity index (χ0v) is 17.2. The molecule has 4 heterocycles. The van der Waals surface area contributed by atoms with Crippen LogP contribution in [0.3, 0.4) is 0 Å². The quantitative estimate of drug-likeness (QED) is 0.599. The minimum atomic E-state index is -0.418. The predicted octanol–water partition coefficient (Wildman–Crippen LogP) is 0.898. The van der Waals surface area contributed by atoms with Gasteiger partial charge in [0.1, 0.15) is 18.5 Å². The van der Waals surface area contributed by atoms with Gasteiger partial charge in [-0.25, -0.2) is 14.1 Å². The van der Waals surface area contributed by atoms with Crippen molar-refractivity contribution in [3.05, 3.63) is 54.9 Å². The average molecular weight is 436 g/mol. The molecule has 0 bridgehead atoms. The molecule has 0 saturated carbocycles. The number of piperazine rings is 1. The Balaban J connectivity index is 1.18. The number of carbonyl (C=O) groups excluding carboxylic acids is 2. The highest BCUT2D eigenvalue weighted by Crippen LogP contribution is 2.27. The molecule has 2 aliphatic rings. The van der Waals surface area contributed by atoms with Crippen LogP contribution >= 0.6 is 0 Å². The number of aromatic nitrogens is 5. The van der Waals surface area contributed by atoms with Gasteiger partial charge in [0.25, 0.3) is 0 Å². The van der Waals surface area contributed by atoms with Crippen LogP contribution < -0.4 is 9.80 Å². The third kappa shape index (κ3) is 3.88. The SMILES string of the molecule is O=C(C1CC(=O)N(c2cccc(F)c2)C1)N1CCN(c2ccc(-n3cncn3)nn2)CC1. The summed E-state index contributed by atoms with van der Waals surface area (Å²) in [6.45, 7) is 2.59. The molecule has 2 aliphatic heterocycles. The van der Waals surface area contributed by atoms with Crippen LogP contribution in [0.4, 0.5) is 15.9 Å². The molecule has 0 N–H and O–H groups in total. The van der Waals surface area contributed by atoms with Gasteiger partial charge in [0.2, 0.25) is 11.8 Å². The highest BCUT2D eigenvalue weighted by atomic mass is 19.1. The van der Waals surface area contributed by atoms with E-state index in [4.69, 9.17) is 0 Å². The van der Waals surface area contributed by atoms with E-state index in [1.54, 1.807) is 23.4 Å². The molecular weight excluding hydrogens is 415 g/mol. The molecule has 2 amide bonds. The molecule has 0 aliphatic carbocycles. The van der Waals surface area contributed by atoms with Crippen molar-refractivity contribution in [1.29, 1.82) is 0 Å². The Morgan fingerprint density at radius 1 is 1.03 bits per heavy atom. The fourth-order valence-corrected chi connectivity index (χ4v) is 4.12. The average Bonchev–Trinajstić information content (AvgIpc) is 3.49. The molecule has 2 aromatic heterocycles. The summed E-state index contributed by atoms with van der Waals surface area (Å²) >= 11 is 0. The Bertz CT molecular complexity index is 1110. The van der Waals surface area contributed by atoms with Crippen molar-refractivity contribution >= 4 is 23.3 Å². The summed E-state index contributed by atoms with van der Waals surface area (Å²) < 4.78 is 15.1. The van der Waals surface area contributed by atoms with E-state index in [1.165, 1.54) is 28.0 Å². The monoisotopic (exact) mass is 436 g/mol. The maximum Gasteiger partial charge on any atom is 0.228 e. The first-order chi connectivity index (χ1) is 15.6. The van der Waals surface area contributed by atoms with Gasteiger partial charge in [-0.15, -0.1) is 10.2 Å². The van der Waals surface area contributed by atoms with Crippen LogP contribution in [-0.4, -0.2) is 74.4 Å². The topological polar surface area (TPSA) is 100 Å². The van der Waals surface area contributed by atoms with Gasteiger partial charge in [0, 0.05) is 44.8 Å². The zero-order chi connectivity index (χ0) is 22.1. The molecule has 2 saturated heterocycles. The van der Waals surface area contributed by atoms with Gasteiger partial charge in [0.15, 0.2) is 11.6 Å². The summed E-state index contributed by atoms with van der Waals surface area (Å²) in [6, 6.07) is 9.58. The van der Waals surface area contributed by atoms with E-state index in [0.29, 0.717) is 37.7 Å². The number of halogens is 1. The number of rotatable bonds is 4. The maximum atomic E-state index is 13.5. The lowest BCUT2D eigenvalue weighted by atomic mass is 10.1. The summed E-state index contributed by atoms with van der Waals surface area (Å²) in [4.78, 5) is 34.7. The number of hydrogen-bond acceptors (Lipinski definition) is 7. The predicted molar refractivity (Wildman–Crippen MR) is 113 cm³/mol. The fraction of sp³-hybridized carbons (Fsp3) is 0.333. The summed E-state index contributed by atoms with van der Waals surface area (Å²) in [5.74, 6) is 0.292. The van der Waals surface area contributed by atoms with Crippen LogP contribution in [0.2, 0.25) is 0 Å². The van der Waals surface area contributed by atoms with Gasteiger partial charge >= 0.3 is 0 Å². The largest absolute Gasteiger partial charge is 0.352 e. The molecule has 164 valence electrons. The van der Waals surface area contributed by atoms with Gasteiger partial charge in [-0.3, -0.25) is 9.59 Å². The smallest absolute Gasteiger partial charge is 0.228 e. The van der Waals surface area contributed by atoms with E-state index >= 15 is 0 Å². The molecule has 1 aromatic carbocycles. The minimum absolute atomic E-state index is 0.0375. The molecule has 0 spiro atoms. The number of nitrogens with zero attached hydrogens (tertiary/aromatic N) is 8. The Morgan fingerprint density at radius 2 is 1.81 bits per heavy atom. The first-order valence-electron chi connectivity index (χ1n) is 10.4. The van der Waals surface area contributed by atoms with Crippen molar-refractivity contribution in [2.24, 2.45) is 5.92 Å². The Labute approximate surface area is 183 Å². The zero-order valence-electron chi connectivity index (χ0n) is 17.2. The molecule has 5 rings (SSSR count). The molecule has 3 aromatic rings. The third-order valence-corrected chi connectivity index (χ3v) is 5.80. The Kier molecular flexibility index (Phi) is 5.21. The highest BCUT2D eigenvalue weighted by Gasteiger charge is 2.38. The van der Waals surface area contributed by atoms with Gasteiger partial charge in [-0.1, -0.05) is 6.07 Å². The van der Waals surface area contributed by atoms with Crippen LogP contribution in [0.1, 0.15) is 6.42 Å². The standard InChI is InChI=1S/C21H21FN8O2/c22-16-2-1-3-17(11-16)29-12-15(10-20(29)31)21(32)28-8-6-27(7-9-28)18-4-5-19(26-25-18)30-14-23-13-24-30/h1-5,11,13-15H,6-10,12H2. The first-order valence-corrected chi connectivity index (χ1v) is 10.4. The lowest BCUT2D eigenvalue weighted by Crippen LogP contribution is -2.51. The number of amides is 2. The van der Waals surface area contributed by atoms with Crippen molar-refractivity contribution in [1.82, 2.24) is 29.9 Å². The second kappa shape index (κ2) is 8.33. The lowest BCUT2D eigenvalue weighted by Gasteiger charge is -2.36. The highest BCUT2D eigenvalue weighted by molar-refractivity contribution is 6.00. The van der Waals surface area contributed by atoms with Crippen molar-refractivity contribution in [2.75, 3.05) is 42.5 Å². The van der Waals surface area contributed by atoms with Crippen LogP contribution in [0.25, 0.3) is 5.82 Å². The third-order valence-electron chi connectivity index (χ3n) is 5.80. The minimum Gasteiger partial charge on any atom is -0.352 e. The van der Waals surface area contributed by atoms with Gasteiger partial charge < -0.3 is 14.7 Å². The summed E-state index contributed by atoms with van der Waals surface area (Å²) in [5, 5.41) is 12.5. The van der Waals surface area contributed by atoms with E-state index in [1.807, 2.05) is 12.1 Å². The van der Waals surface area contributed by atoms with Crippen LogP contribution in [0.15, 0.2) is 49.1 Å². The number of benzene rings is 1. The first kappa shape index (κ1) is 20.0. The number of hydrogen-bond donors (Lipinski definition) is 0. The van der Waals surface area contributed by atoms with E-state index in [-0.39, 0.29) is 24.8 Å². The second-order valence-electron chi connectivity index (χ2n) is 7.79. The van der Waals surface area contributed by atoms with E-state index < -0.39 is 11.7 Å². The maximum absolute atomic E-state index is 13.5. The van der Waals surface area contributed by atoms with Crippen LogP contribution in [0, 0.1) is 11.7 Å². The molecule has 10 nitrogen and oxygen atoms in total. The Hall–Kier alpha value is -3.89. The van der Waals surface area contributed by atoms with Gasteiger partial charge in [0.05, 0.1) is 5.92 Å². The summed E-state index contributed by atoms with van der Waals surface area (Å²) in [5.41, 5.74) is 0.489. The number of anilines is 2. The molecule has 11 heteroatoms. The molecule has 0 radical (unpaired) electrons. The van der Waals surface area contributed by atoms with Crippen molar-refractivity contribution in [2.45, 2.75) is 6.42 Å². The Morgan fingerprint density at radius 3 is 2.50 bits per heavy atom. The van der Waals surface area contributed by atoms with Gasteiger partial charge in [-0.05, 0) is 30.3 Å². The van der Waals surface area contributed by atoms with Crippen molar-refractivity contribution < 1.29 is 14.0 Å². The van der Waals surface area contributed by atoms with E-state index in [0.717, 1.165) is 5.82 Å². The van der Waals surface area contributed by atoms with E-state index in [9.17, 15) is 14.0 Å². The molecule has 32 heavy (non-hydrogen) atoms. The van der Waals surface area contributed by atoms with Crippen LogP contribution in [0.5, 0.6) is 0 Å². The molecule has 1 unspecified atom stereocenters. The van der Waals surface area contributed by atoms with Crippen molar-refractivity contribution in [3.8, 4) is 5.82 Å². The normalized spacial score (nSPS) is 19.0. The summed E-state index contributed by atoms with van der Waals surface area (Å²) in [6.07, 6.45) is 3.13. The van der Waals surface area contributed by atoms with E-state index in [2.05, 4.69) is 25.2 Å². The molecule has 2 fully saturated rings. The fourth-order valence-electron chi connectivity index (χ4n) is 4.12. The van der Waals surface area contributed by atoms with Crippen molar-refractivity contribution in [3.63, 3.8) is 0 Å². The molecular formula is C21H21FN8O2. The molecule has 1 atom stereocenters. The lowest BCUT2D eigenvalue weighted by molar-refractivity contribution is -0.136.